The molecule has 1 heterocycles. The monoisotopic (exact) mass is 378 g/mol. The molecule has 0 fully saturated rings. The number of hydrogen-bond acceptors (Lipinski definition) is 4. The molecule has 1 aliphatic rings. The summed E-state index contributed by atoms with van der Waals surface area (Å²) < 4.78 is 45.2. The van der Waals surface area contributed by atoms with E-state index >= 15 is 0 Å². The van der Waals surface area contributed by atoms with Crippen molar-refractivity contribution in [2.24, 2.45) is 4.99 Å². The topological polar surface area (TPSA) is 70.9 Å². The van der Waals surface area contributed by atoms with Crippen LogP contribution in [0.3, 0.4) is 0 Å². The Labute approximate surface area is 153 Å². The third-order valence-electron chi connectivity index (χ3n) is 4.23. The summed E-state index contributed by atoms with van der Waals surface area (Å²) in [4.78, 5) is 16.1. The number of rotatable bonds is 5. The first-order chi connectivity index (χ1) is 12.8. The number of nitrogens with one attached hydrogen (secondary N) is 1. The fourth-order valence-electron chi connectivity index (χ4n) is 2.94. The van der Waals surface area contributed by atoms with Gasteiger partial charge in [-0.25, -0.2) is 0 Å². The van der Waals surface area contributed by atoms with Crippen molar-refractivity contribution in [1.82, 2.24) is 5.32 Å². The van der Waals surface area contributed by atoms with Crippen molar-refractivity contribution in [2.45, 2.75) is 12.7 Å². The molecule has 3 rings (SSSR count). The molecular formula is C19H17F3N2O3. The van der Waals surface area contributed by atoms with E-state index in [0.717, 1.165) is 12.1 Å². The Morgan fingerprint density at radius 2 is 2.04 bits per heavy atom. The molecule has 2 aromatic rings. The van der Waals surface area contributed by atoms with Crippen molar-refractivity contribution in [3.63, 3.8) is 0 Å². The van der Waals surface area contributed by atoms with Crippen LogP contribution in [0, 0.1) is 0 Å². The van der Waals surface area contributed by atoms with Gasteiger partial charge in [0, 0.05) is 29.4 Å². The first-order valence-corrected chi connectivity index (χ1v) is 8.16. The maximum atomic E-state index is 13.3. The second-order valence-corrected chi connectivity index (χ2v) is 5.96. The standard InChI is InChI=1S/C19H17F3N2O3/c1-27-17-7-11(18(26)24-4-5-25)2-3-14(17)15-8-13(19(20,21)22)6-12-9-23-10-16(12)15/h2-3,6-8,10,25H,4-5,9H2,1H3,(H,24,26). The largest absolute Gasteiger partial charge is 0.496 e. The lowest BCUT2D eigenvalue weighted by molar-refractivity contribution is -0.137. The van der Waals surface area contributed by atoms with Crippen LogP contribution in [-0.2, 0) is 12.7 Å². The van der Waals surface area contributed by atoms with E-state index in [-0.39, 0.29) is 31.0 Å². The summed E-state index contributed by atoms with van der Waals surface area (Å²) in [6.45, 7) is 0.0907. The summed E-state index contributed by atoms with van der Waals surface area (Å²) >= 11 is 0. The Morgan fingerprint density at radius 1 is 1.26 bits per heavy atom. The summed E-state index contributed by atoms with van der Waals surface area (Å²) in [5, 5.41) is 11.3. The number of aliphatic hydroxyl groups is 1. The van der Waals surface area contributed by atoms with Gasteiger partial charge >= 0.3 is 6.18 Å². The molecule has 2 N–H and O–H groups in total. The Bertz CT molecular complexity index is 908. The van der Waals surface area contributed by atoms with Crippen LogP contribution in [0.4, 0.5) is 13.2 Å². The maximum absolute atomic E-state index is 13.3. The quantitative estimate of drug-likeness (QED) is 0.840. The van der Waals surface area contributed by atoms with Gasteiger partial charge in [0.2, 0.25) is 0 Å². The van der Waals surface area contributed by atoms with Crippen LogP contribution in [0.5, 0.6) is 5.75 Å². The van der Waals surface area contributed by atoms with Crippen molar-refractivity contribution in [2.75, 3.05) is 20.3 Å². The van der Waals surface area contributed by atoms with Gasteiger partial charge in [0.1, 0.15) is 5.75 Å². The van der Waals surface area contributed by atoms with Crippen molar-refractivity contribution < 1.29 is 27.8 Å². The number of aliphatic imine (C=N–C) groups is 1. The van der Waals surface area contributed by atoms with Crippen molar-refractivity contribution in [3.8, 4) is 16.9 Å². The first kappa shape index (κ1) is 18.9. The van der Waals surface area contributed by atoms with Crippen LogP contribution >= 0.6 is 0 Å². The molecule has 0 saturated carbocycles. The Morgan fingerprint density at radius 3 is 2.70 bits per heavy atom. The zero-order valence-electron chi connectivity index (χ0n) is 14.4. The Balaban J connectivity index is 2.10. The number of alkyl halides is 3. The van der Waals surface area contributed by atoms with E-state index in [4.69, 9.17) is 9.84 Å². The molecule has 0 aromatic heterocycles. The molecule has 5 nitrogen and oxygen atoms in total. The van der Waals surface area contributed by atoms with Gasteiger partial charge in [0.25, 0.3) is 5.91 Å². The van der Waals surface area contributed by atoms with E-state index in [1.807, 2.05) is 0 Å². The van der Waals surface area contributed by atoms with Crippen LogP contribution in [0.2, 0.25) is 0 Å². The van der Waals surface area contributed by atoms with Gasteiger partial charge in [0.15, 0.2) is 0 Å². The number of aliphatic hydroxyl groups excluding tert-OH is 1. The van der Waals surface area contributed by atoms with Crippen LogP contribution < -0.4 is 10.1 Å². The molecule has 27 heavy (non-hydrogen) atoms. The van der Waals surface area contributed by atoms with Gasteiger partial charge < -0.3 is 15.2 Å². The normalized spacial score (nSPS) is 12.8. The average molecular weight is 378 g/mol. The van der Waals surface area contributed by atoms with Crippen LogP contribution in [0.25, 0.3) is 11.1 Å². The van der Waals surface area contributed by atoms with E-state index in [1.165, 1.54) is 19.2 Å². The second-order valence-electron chi connectivity index (χ2n) is 5.96. The summed E-state index contributed by atoms with van der Waals surface area (Å²) in [6, 6.07) is 6.69. The summed E-state index contributed by atoms with van der Waals surface area (Å²) in [7, 11) is 1.39. The van der Waals surface area contributed by atoms with Crippen molar-refractivity contribution in [1.29, 1.82) is 0 Å². The number of carbonyl (C=O) groups excluding carboxylic acids is 1. The maximum Gasteiger partial charge on any atom is 0.416 e. The second kappa shape index (κ2) is 7.40. The minimum absolute atomic E-state index is 0.0977. The van der Waals surface area contributed by atoms with Crippen molar-refractivity contribution >= 4 is 12.1 Å². The number of nitrogens with zero attached hydrogens (tertiary/aromatic N) is 1. The van der Waals surface area contributed by atoms with E-state index in [1.54, 1.807) is 12.3 Å². The van der Waals surface area contributed by atoms with E-state index in [2.05, 4.69) is 10.3 Å². The molecule has 0 unspecified atom stereocenters. The SMILES string of the molecule is COc1cc(C(=O)NCCO)ccc1-c1cc(C(F)(F)F)cc2c1C=NC2. The molecule has 0 saturated heterocycles. The highest BCUT2D eigenvalue weighted by molar-refractivity contribution is 5.98. The fourth-order valence-corrected chi connectivity index (χ4v) is 2.94. The minimum Gasteiger partial charge on any atom is -0.496 e. The smallest absolute Gasteiger partial charge is 0.416 e. The third kappa shape index (κ3) is 3.80. The lowest BCUT2D eigenvalue weighted by Gasteiger charge is -2.16. The van der Waals surface area contributed by atoms with Gasteiger partial charge in [0.05, 0.1) is 25.8 Å². The molecule has 0 radical (unpaired) electrons. The molecule has 8 heteroatoms. The molecule has 0 atom stereocenters. The fraction of sp³-hybridized carbons (Fsp3) is 0.263. The highest BCUT2D eigenvalue weighted by Gasteiger charge is 2.33. The van der Waals surface area contributed by atoms with Gasteiger partial charge in [-0.15, -0.1) is 0 Å². The molecule has 1 amide bonds. The highest BCUT2D eigenvalue weighted by Crippen LogP contribution is 2.40. The van der Waals surface area contributed by atoms with E-state index < -0.39 is 17.6 Å². The Hall–Kier alpha value is -2.87. The predicted octanol–water partition coefficient (Wildman–Crippen LogP) is 3.04. The van der Waals surface area contributed by atoms with Gasteiger partial charge in [-0.2, -0.15) is 13.2 Å². The third-order valence-corrected chi connectivity index (χ3v) is 4.23. The van der Waals surface area contributed by atoms with Crippen LogP contribution in [0.15, 0.2) is 35.3 Å². The van der Waals surface area contributed by atoms with Gasteiger partial charge in [-0.3, -0.25) is 9.79 Å². The number of carbonyl (C=O) groups is 1. The first-order valence-electron chi connectivity index (χ1n) is 8.16. The van der Waals surface area contributed by atoms with Gasteiger partial charge in [-0.1, -0.05) is 0 Å². The number of hydrogen-bond donors (Lipinski definition) is 2. The molecule has 2 aromatic carbocycles. The lowest BCUT2D eigenvalue weighted by atomic mass is 9.93. The molecule has 1 aliphatic heterocycles. The van der Waals surface area contributed by atoms with Crippen molar-refractivity contribution in [3.05, 3.63) is 52.6 Å². The number of halogens is 3. The number of fused-ring (bicyclic) bond motifs is 1. The molecule has 0 bridgehead atoms. The zero-order valence-corrected chi connectivity index (χ0v) is 14.4. The minimum atomic E-state index is -4.48. The van der Waals surface area contributed by atoms with Crippen LogP contribution in [0.1, 0.15) is 27.0 Å². The number of methoxy groups -OCH3 is 1. The molecule has 0 spiro atoms. The molecule has 142 valence electrons. The number of amides is 1. The summed E-state index contributed by atoms with van der Waals surface area (Å²) in [6.07, 6.45) is -2.93. The van der Waals surface area contributed by atoms with E-state index in [0.29, 0.717) is 22.3 Å². The Kier molecular flexibility index (Phi) is 5.18. The average Bonchev–Trinajstić information content (AvgIpc) is 3.12. The molecule has 0 aliphatic carbocycles. The van der Waals surface area contributed by atoms with Gasteiger partial charge in [-0.05, 0) is 41.5 Å². The molecular weight excluding hydrogens is 361 g/mol. The number of ether oxygens (including phenoxy) is 1. The lowest BCUT2D eigenvalue weighted by Crippen LogP contribution is -2.26. The van der Waals surface area contributed by atoms with Crippen LogP contribution in [-0.4, -0.2) is 37.5 Å². The highest BCUT2D eigenvalue weighted by atomic mass is 19.4. The predicted molar refractivity (Wildman–Crippen MR) is 94.1 cm³/mol. The zero-order chi connectivity index (χ0) is 19.6. The summed E-state index contributed by atoms with van der Waals surface area (Å²) in [5.74, 6) is -0.141. The summed E-state index contributed by atoms with van der Waals surface area (Å²) in [5.41, 5.74) is 1.41. The number of benzene rings is 2. The van der Waals surface area contributed by atoms with E-state index in [9.17, 15) is 18.0 Å².